The first kappa shape index (κ1) is 12.4. The highest BCUT2D eigenvalue weighted by molar-refractivity contribution is 8.18. The number of carbonyl (C=O) groups is 1. The van der Waals surface area contributed by atoms with Crippen molar-refractivity contribution in [1.29, 1.82) is 0 Å². The van der Waals surface area contributed by atoms with E-state index in [1.807, 2.05) is 24.3 Å². The van der Waals surface area contributed by atoms with E-state index in [1.54, 1.807) is 0 Å². The van der Waals surface area contributed by atoms with E-state index in [9.17, 15) is 4.79 Å². The Kier molecular flexibility index (Phi) is 3.37. The van der Waals surface area contributed by atoms with Crippen molar-refractivity contribution in [1.82, 2.24) is 10.9 Å². The minimum atomic E-state index is -0.235. The van der Waals surface area contributed by atoms with Crippen molar-refractivity contribution in [2.75, 3.05) is 6.54 Å². The second kappa shape index (κ2) is 5.16. The zero-order valence-corrected chi connectivity index (χ0v) is 11.0. The molecule has 6 heteroatoms. The molecule has 5 nitrogen and oxygen atoms in total. The molecule has 1 fully saturated rings. The molecule has 1 amide bonds. The molecule has 2 atom stereocenters. The molecule has 1 aromatic rings. The Labute approximate surface area is 115 Å². The van der Waals surface area contributed by atoms with Gasteiger partial charge in [-0.3, -0.25) is 10.2 Å². The summed E-state index contributed by atoms with van der Waals surface area (Å²) in [5, 5.41) is 0.325. The number of aliphatic imine (C=N–C) groups is 1. The van der Waals surface area contributed by atoms with Crippen LogP contribution in [0.3, 0.4) is 0 Å². The Balaban J connectivity index is 1.82. The summed E-state index contributed by atoms with van der Waals surface area (Å²) >= 11 is 1.24. The maximum Gasteiger partial charge on any atom is 0.285 e. The molecule has 2 heterocycles. The summed E-state index contributed by atoms with van der Waals surface area (Å²) in [4.78, 5) is 16.0. The number of nitrogens with one attached hydrogen (secondary N) is 2. The Morgan fingerprint density at radius 2 is 2.16 bits per heavy atom. The van der Waals surface area contributed by atoms with Gasteiger partial charge in [0, 0.05) is 12.5 Å². The average Bonchev–Trinajstić information content (AvgIpc) is 2.98. The quantitative estimate of drug-likeness (QED) is 0.699. The molecule has 2 unspecified atom stereocenters. The summed E-state index contributed by atoms with van der Waals surface area (Å²) < 4.78 is 0. The fraction of sp³-hybridized carbons (Fsp3) is 0.231. The fourth-order valence-corrected chi connectivity index (χ4v) is 3.02. The van der Waals surface area contributed by atoms with Gasteiger partial charge in [0.1, 0.15) is 0 Å². The van der Waals surface area contributed by atoms with E-state index < -0.39 is 0 Å². The number of nitrogens with zero attached hydrogens (tertiary/aromatic N) is 1. The van der Waals surface area contributed by atoms with Crippen LogP contribution in [0.4, 0.5) is 0 Å². The van der Waals surface area contributed by atoms with Crippen LogP contribution in [0.2, 0.25) is 0 Å². The van der Waals surface area contributed by atoms with Crippen LogP contribution in [0.15, 0.2) is 46.3 Å². The number of hydrogen-bond donors (Lipinski definition) is 3. The molecule has 19 heavy (non-hydrogen) atoms. The van der Waals surface area contributed by atoms with Gasteiger partial charge in [-0.25, -0.2) is 5.43 Å². The topological polar surface area (TPSA) is 79.5 Å². The Bertz CT molecular complexity index is 555. The Morgan fingerprint density at radius 1 is 1.37 bits per heavy atom. The molecule has 0 spiro atoms. The van der Waals surface area contributed by atoms with Crippen LogP contribution in [0, 0.1) is 5.92 Å². The summed E-state index contributed by atoms with van der Waals surface area (Å²) in [5.41, 5.74) is 13.1. The van der Waals surface area contributed by atoms with Crippen LogP contribution in [-0.2, 0) is 4.79 Å². The second-order valence-corrected chi connectivity index (χ2v) is 5.53. The summed E-state index contributed by atoms with van der Waals surface area (Å²) in [7, 11) is 0. The molecule has 3 rings (SSSR count). The normalized spacial score (nSPS) is 28.9. The predicted octanol–water partition coefficient (Wildman–Crippen LogP) is 0.924. The molecule has 1 saturated heterocycles. The van der Waals surface area contributed by atoms with E-state index in [1.165, 1.54) is 17.3 Å². The molecular weight excluding hydrogens is 260 g/mol. The summed E-state index contributed by atoms with van der Waals surface area (Å²) in [6.45, 7) is 0.775. The van der Waals surface area contributed by atoms with Gasteiger partial charge in [0.2, 0.25) is 0 Å². The number of carbonyl (C=O) groups excluding carboxylic acids is 1. The average molecular weight is 274 g/mol. The molecule has 0 aromatic heterocycles. The fourth-order valence-electron chi connectivity index (χ4n) is 2.29. The van der Waals surface area contributed by atoms with Gasteiger partial charge in [-0.1, -0.05) is 36.4 Å². The van der Waals surface area contributed by atoms with Gasteiger partial charge >= 0.3 is 0 Å². The van der Waals surface area contributed by atoms with Crippen LogP contribution < -0.4 is 16.6 Å². The molecule has 0 aliphatic carbocycles. The molecule has 98 valence electrons. The van der Waals surface area contributed by atoms with Crippen LogP contribution in [0.5, 0.6) is 0 Å². The van der Waals surface area contributed by atoms with Crippen molar-refractivity contribution in [3.8, 4) is 0 Å². The van der Waals surface area contributed by atoms with Crippen molar-refractivity contribution in [3.63, 3.8) is 0 Å². The third-order valence-electron chi connectivity index (χ3n) is 3.18. The summed E-state index contributed by atoms with van der Waals surface area (Å²) in [5.74, 6) is -0.0313. The number of amides is 1. The maximum atomic E-state index is 11.6. The van der Waals surface area contributed by atoms with Crippen LogP contribution >= 0.6 is 11.8 Å². The van der Waals surface area contributed by atoms with Gasteiger partial charge in [0.25, 0.3) is 5.91 Å². The smallest absolute Gasteiger partial charge is 0.285 e. The number of thioether (sulfide) groups is 1. The first-order valence-electron chi connectivity index (χ1n) is 6.05. The molecule has 0 radical (unpaired) electrons. The zero-order chi connectivity index (χ0) is 13.2. The monoisotopic (exact) mass is 274 g/mol. The lowest BCUT2D eigenvalue weighted by Crippen LogP contribution is -2.24. The third-order valence-corrected chi connectivity index (χ3v) is 4.02. The number of hydrazine groups is 1. The second-order valence-electron chi connectivity index (χ2n) is 4.47. The van der Waals surface area contributed by atoms with Crippen LogP contribution in [-0.4, -0.2) is 17.6 Å². The van der Waals surface area contributed by atoms with Gasteiger partial charge in [0.15, 0.2) is 5.17 Å². The highest BCUT2D eigenvalue weighted by atomic mass is 32.2. The van der Waals surface area contributed by atoms with E-state index >= 15 is 0 Å². The molecule has 0 saturated carbocycles. The highest BCUT2D eigenvalue weighted by Crippen LogP contribution is 2.31. The number of benzene rings is 1. The standard InChI is InChI=1S/C13H14N4OS/c14-13-16-12(18)10(19-13)6-9-7-15-17-11(9)8-4-2-1-3-5-8/h1-6,9,11,15,17H,7H2,(H2,14,16,18)/b10-6-. The summed E-state index contributed by atoms with van der Waals surface area (Å²) in [6, 6.07) is 10.3. The van der Waals surface area contributed by atoms with Crippen molar-refractivity contribution in [2.24, 2.45) is 16.6 Å². The maximum absolute atomic E-state index is 11.6. The molecule has 4 N–H and O–H groups in total. The molecule has 2 aliphatic rings. The lowest BCUT2D eigenvalue weighted by molar-refractivity contribution is -0.113. The largest absolute Gasteiger partial charge is 0.378 e. The van der Waals surface area contributed by atoms with Gasteiger partial charge < -0.3 is 5.73 Å². The lowest BCUT2D eigenvalue weighted by Gasteiger charge is -2.15. The van der Waals surface area contributed by atoms with Crippen LogP contribution in [0.25, 0.3) is 0 Å². The molecule has 1 aromatic carbocycles. The van der Waals surface area contributed by atoms with Gasteiger partial charge in [-0.05, 0) is 17.3 Å². The van der Waals surface area contributed by atoms with E-state index in [-0.39, 0.29) is 17.9 Å². The Hall–Kier alpha value is -1.63. The van der Waals surface area contributed by atoms with Gasteiger partial charge in [-0.15, -0.1) is 0 Å². The number of amidine groups is 1. The minimum Gasteiger partial charge on any atom is -0.378 e. The highest BCUT2D eigenvalue weighted by Gasteiger charge is 2.29. The van der Waals surface area contributed by atoms with Crippen LogP contribution in [0.1, 0.15) is 11.6 Å². The van der Waals surface area contributed by atoms with Crippen molar-refractivity contribution < 1.29 is 4.79 Å². The first-order valence-corrected chi connectivity index (χ1v) is 6.87. The van der Waals surface area contributed by atoms with Crippen molar-refractivity contribution in [3.05, 3.63) is 46.9 Å². The predicted molar refractivity (Wildman–Crippen MR) is 76.1 cm³/mol. The molecule has 2 aliphatic heterocycles. The number of nitrogens with two attached hydrogens (primary N) is 1. The Morgan fingerprint density at radius 3 is 2.84 bits per heavy atom. The van der Waals surface area contributed by atoms with E-state index in [0.717, 1.165) is 6.54 Å². The third kappa shape index (κ3) is 2.56. The molecular formula is C13H14N4OS. The number of hydrogen-bond acceptors (Lipinski definition) is 5. The van der Waals surface area contributed by atoms with Crippen molar-refractivity contribution in [2.45, 2.75) is 6.04 Å². The molecule has 0 bridgehead atoms. The van der Waals surface area contributed by atoms with Gasteiger partial charge in [-0.2, -0.15) is 4.99 Å². The van der Waals surface area contributed by atoms with Gasteiger partial charge in [0.05, 0.1) is 10.9 Å². The van der Waals surface area contributed by atoms with E-state index in [0.29, 0.717) is 10.1 Å². The van der Waals surface area contributed by atoms with Crippen molar-refractivity contribution >= 4 is 22.8 Å². The number of rotatable bonds is 2. The zero-order valence-electron chi connectivity index (χ0n) is 10.2. The minimum absolute atomic E-state index is 0.156. The first-order chi connectivity index (χ1) is 9.24. The summed E-state index contributed by atoms with van der Waals surface area (Å²) in [6.07, 6.45) is 1.96. The van der Waals surface area contributed by atoms with E-state index in [4.69, 9.17) is 5.73 Å². The van der Waals surface area contributed by atoms with E-state index in [2.05, 4.69) is 28.0 Å². The lowest BCUT2D eigenvalue weighted by atomic mass is 9.94. The SMILES string of the molecule is NC1=NC(=O)/C(=C/C2CNNC2c2ccccc2)S1.